The summed E-state index contributed by atoms with van der Waals surface area (Å²) in [5.74, 6) is -2.14. The van der Waals surface area contributed by atoms with E-state index in [-0.39, 0.29) is 22.3 Å². The third-order valence-corrected chi connectivity index (χ3v) is 3.72. The molecule has 0 aliphatic carbocycles. The number of nitrogens with zero attached hydrogens (tertiary/aromatic N) is 1. The number of nitrogens with one attached hydrogen (secondary N) is 1. The molecule has 0 unspecified atom stereocenters. The largest absolute Gasteiger partial charge is 0.477 e. The molecule has 0 fully saturated rings. The molecular weight excluding hydrogens is 340 g/mol. The number of rotatable bonds is 3. The zero-order valence-electron chi connectivity index (χ0n) is 14.2. The van der Waals surface area contributed by atoms with Crippen LogP contribution in [0.25, 0.3) is 10.9 Å². The number of hydrogen-bond donors (Lipinski definition) is 2. The molecular formula is C17H18F4N2O2. The number of aromatic carboxylic acids is 1. The van der Waals surface area contributed by atoms with Crippen molar-refractivity contribution in [3.8, 4) is 0 Å². The van der Waals surface area contributed by atoms with Gasteiger partial charge in [-0.05, 0) is 35.6 Å². The lowest BCUT2D eigenvalue weighted by atomic mass is 9.84. The second-order valence-electron chi connectivity index (χ2n) is 6.86. The molecule has 0 bridgehead atoms. The Kier molecular flexibility index (Phi) is 4.67. The number of carbonyl (C=O) groups is 1. The van der Waals surface area contributed by atoms with Crippen LogP contribution in [0.5, 0.6) is 0 Å². The molecule has 1 aromatic heterocycles. The molecule has 2 N–H and O–H groups in total. The quantitative estimate of drug-likeness (QED) is 0.784. The molecule has 1 heterocycles. The van der Waals surface area contributed by atoms with Gasteiger partial charge >= 0.3 is 12.1 Å². The van der Waals surface area contributed by atoms with Crippen LogP contribution < -0.4 is 5.32 Å². The number of aromatic nitrogens is 1. The highest BCUT2D eigenvalue weighted by Crippen LogP contribution is 2.36. The second-order valence-corrected chi connectivity index (χ2v) is 6.86. The van der Waals surface area contributed by atoms with Gasteiger partial charge in [-0.1, -0.05) is 20.8 Å². The van der Waals surface area contributed by atoms with Crippen LogP contribution in [0.4, 0.5) is 23.2 Å². The highest BCUT2D eigenvalue weighted by atomic mass is 19.4. The normalized spacial score (nSPS) is 12.5. The first kappa shape index (κ1) is 19.0. The average Bonchev–Trinajstić information content (AvgIpc) is 2.43. The van der Waals surface area contributed by atoms with Crippen molar-refractivity contribution in [1.29, 1.82) is 0 Å². The summed E-state index contributed by atoms with van der Waals surface area (Å²) >= 11 is 0. The van der Waals surface area contributed by atoms with Crippen LogP contribution in [-0.4, -0.2) is 28.8 Å². The van der Waals surface area contributed by atoms with Crippen molar-refractivity contribution in [3.05, 3.63) is 34.8 Å². The molecule has 0 saturated carbocycles. The topological polar surface area (TPSA) is 62.2 Å². The first-order chi connectivity index (χ1) is 11.3. The Bertz CT molecular complexity index is 839. The molecule has 0 aliphatic rings. The molecule has 0 aliphatic heterocycles. The minimum Gasteiger partial charge on any atom is -0.477 e. The fourth-order valence-electron chi connectivity index (χ4n) is 2.56. The third kappa shape index (κ3) is 4.00. The maximum absolute atomic E-state index is 14.8. The minimum atomic E-state index is -4.50. The molecule has 25 heavy (non-hydrogen) atoms. The van der Waals surface area contributed by atoms with Gasteiger partial charge in [-0.3, -0.25) is 0 Å². The van der Waals surface area contributed by atoms with Gasteiger partial charge < -0.3 is 10.4 Å². The van der Waals surface area contributed by atoms with Gasteiger partial charge in [0.05, 0.1) is 11.2 Å². The smallest absolute Gasteiger partial charge is 0.405 e. The summed E-state index contributed by atoms with van der Waals surface area (Å²) in [6.45, 7) is 5.49. The first-order valence-corrected chi connectivity index (χ1v) is 7.49. The summed E-state index contributed by atoms with van der Waals surface area (Å²) in [6, 6.07) is 2.47. The minimum absolute atomic E-state index is 0.0158. The number of carboxylic acid groups (broad SMARTS) is 1. The van der Waals surface area contributed by atoms with Gasteiger partial charge in [0, 0.05) is 5.39 Å². The molecule has 136 valence electrons. The van der Waals surface area contributed by atoms with Crippen molar-refractivity contribution in [2.45, 2.75) is 39.3 Å². The Morgan fingerprint density at radius 1 is 1.24 bits per heavy atom. The van der Waals surface area contributed by atoms with Gasteiger partial charge in [0.2, 0.25) is 0 Å². The fourth-order valence-corrected chi connectivity index (χ4v) is 2.56. The molecule has 2 rings (SSSR count). The lowest BCUT2D eigenvalue weighted by Gasteiger charge is -2.24. The number of aryl methyl sites for hydroxylation is 1. The van der Waals surface area contributed by atoms with E-state index in [0.29, 0.717) is 11.1 Å². The Labute approximate surface area is 141 Å². The van der Waals surface area contributed by atoms with Crippen molar-refractivity contribution in [2.24, 2.45) is 0 Å². The van der Waals surface area contributed by atoms with Crippen LogP contribution in [0, 0.1) is 12.7 Å². The number of hydrogen-bond acceptors (Lipinski definition) is 3. The van der Waals surface area contributed by atoms with Crippen LogP contribution in [0.3, 0.4) is 0 Å². The van der Waals surface area contributed by atoms with Gasteiger partial charge in [-0.2, -0.15) is 13.2 Å². The van der Waals surface area contributed by atoms with E-state index < -0.39 is 29.9 Å². The SMILES string of the molecule is Cc1cc(C(=O)O)nc2c(C(C)(C)C)cc(NCC(F)(F)F)c(F)c12. The zero-order chi connectivity index (χ0) is 19.2. The van der Waals surface area contributed by atoms with Crippen molar-refractivity contribution in [2.75, 3.05) is 11.9 Å². The summed E-state index contributed by atoms with van der Waals surface area (Å²) in [5, 5.41) is 11.3. The van der Waals surface area contributed by atoms with Gasteiger partial charge in [0.25, 0.3) is 0 Å². The average molecular weight is 358 g/mol. The monoisotopic (exact) mass is 358 g/mol. The maximum Gasteiger partial charge on any atom is 0.405 e. The number of anilines is 1. The first-order valence-electron chi connectivity index (χ1n) is 7.49. The van der Waals surface area contributed by atoms with Gasteiger partial charge in [0.15, 0.2) is 5.82 Å². The lowest BCUT2D eigenvalue weighted by Crippen LogP contribution is -2.23. The predicted molar refractivity (Wildman–Crippen MR) is 86.6 cm³/mol. The van der Waals surface area contributed by atoms with E-state index in [2.05, 4.69) is 10.3 Å². The molecule has 4 nitrogen and oxygen atoms in total. The Morgan fingerprint density at radius 3 is 2.32 bits per heavy atom. The van der Waals surface area contributed by atoms with Crippen molar-refractivity contribution < 1.29 is 27.5 Å². The molecule has 0 saturated heterocycles. The van der Waals surface area contributed by atoms with E-state index in [1.165, 1.54) is 19.1 Å². The van der Waals surface area contributed by atoms with Crippen LogP contribution in [0.2, 0.25) is 0 Å². The van der Waals surface area contributed by atoms with Crippen molar-refractivity contribution >= 4 is 22.6 Å². The van der Waals surface area contributed by atoms with Crippen molar-refractivity contribution in [1.82, 2.24) is 4.98 Å². The number of benzene rings is 1. The van der Waals surface area contributed by atoms with Gasteiger partial charge in [-0.25, -0.2) is 14.2 Å². The summed E-state index contributed by atoms with van der Waals surface area (Å²) < 4.78 is 52.2. The predicted octanol–water partition coefficient (Wildman–Crippen LogP) is 4.65. The van der Waals surface area contributed by atoms with E-state index in [4.69, 9.17) is 5.11 Å². The highest BCUT2D eigenvalue weighted by Gasteiger charge is 2.29. The van der Waals surface area contributed by atoms with Gasteiger partial charge in [-0.15, -0.1) is 0 Å². The highest BCUT2D eigenvalue weighted by molar-refractivity contribution is 5.95. The zero-order valence-corrected chi connectivity index (χ0v) is 14.2. The molecule has 0 radical (unpaired) electrons. The van der Waals surface area contributed by atoms with E-state index in [9.17, 15) is 22.4 Å². The van der Waals surface area contributed by atoms with E-state index in [0.717, 1.165) is 0 Å². The van der Waals surface area contributed by atoms with Crippen LogP contribution >= 0.6 is 0 Å². The summed E-state index contributed by atoms with van der Waals surface area (Å²) in [5.41, 5.74) is -0.230. The Hall–Kier alpha value is -2.38. The maximum atomic E-state index is 14.8. The Balaban J connectivity index is 2.79. The summed E-state index contributed by atoms with van der Waals surface area (Å²) in [7, 11) is 0. The number of fused-ring (bicyclic) bond motifs is 1. The summed E-state index contributed by atoms with van der Waals surface area (Å²) in [4.78, 5) is 15.3. The van der Waals surface area contributed by atoms with E-state index in [1.807, 2.05) is 0 Å². The summed E-state index contributed by atoms with van der Waals surface area (Å²) in [6.07, 6.45) is -4.50. The lowest BCUT2D eigenvalue weighted by molar-refractivity contribution is -0.115. The number of carboxylic acids is 1. The number of pyridine rings is 1. The molecule has 0 spiro atoms. The Morgan fingerprint density at radius 2 is 1.84 bits per heavy atom. The third-order valence-electron chi connectivity index (χ3n) is 3.72. The standard InChI is InChI=1S/C17H18F4N2O2/c1-8-5-11(15(24)25)23-14-9(16(2,3)4)6-10(13(18)12(8)14)22-7-17(19,20)21/h5-6,22H,7H2,1-4H3,(H,24,25). The van der Waals surface area contributed by atoms with Crippen LogP contribution in [0.15, 0.2) is 12.1 Å². The molecule has 2 aromatic rings. The fraction of sp³-hybridized carbons (Fsp3) is 0.412. The molecule has 8 heteroatoms. The van der Waals surface area contributed by atoms with E-state index >= 15 is 0 Å². The molecule has 0 atom stereocenters. The molecule has 0 amide bonds. The number of halogens is 4. The van der Waals surface area contributed by atoms with Crippen molar-refractivity contribution in [3.63, 3.8) is 0 Å². The molecule has 1 aromatic carbocycles. The van der Waals surface area contributed by atoms with Gasteiger partial charge in [0.1, 0.15) is 12.2 Å². The van der Waals surface area contributed by atoms with Crippen LogP contribution in [-0.2, 0) is 5.41 Å². The van der Waals surface area contributed by atoms with Crippen LogP contribution in [0.1, 0.15) is 42.4 Å². The number of alkyl halides is 3. The second kappa shape index (κ2) is 6.16. The van der Waals surface area contributed by atoms with E-state index in [1.54, 1.807) is 20.8 Å².